The summed E-state index contributed by atoms with van der Waals surface area (Å²) >= 11 is 0. The number of allylic oxidation sites excluding steroid dienone is 2. The van der Waals surface area contributed by atoms with Crippen LogP contribution in [0.1, 0.15) is 87.3 Å². The third-order valence-corrected chi connectivity index (χ3v) is 4.68. The molecule has 0 amide bonds. The molecule has 3 rings (SSSR count). The SMILES string of the molecule is C=C(C)C#CC.C=C(C)C(C)C.CC.CC.CC#CC.Cc1ccc2cc3cc(C)ccc3cc2c1. The maximum Gasteiger partial charge on any atom is -0.00234 e. The van der Waals surface area contributed by atoms with Gasteiger partial charge in [0.05, 0.1) is 0 Å². The Labute approximate surface area is 224 Å². The molecule has 0 fully saturated rings. The summed E-state index contributed by atoms with van der Waals surface area (Å²) in [6.45, 7) is 33.3. The molecule has 0 aliphatic rings. The molecule has 3 aromatic rings. The number of aryl methyl sites for hydroxylation is 2. The first-order valence-electron chi connectivity index (χ1n) is 13.0. The van der Waals surface area contributed by atoms with Gasteiger partial charge in [-0.2, -0.15) is 0 Å². The van der Waals surface area contributed by atoms with Gasteiger partial charge in [-0.1, -0.05) is 114 Å². The molecule has 0 N–H and O–H groups in total. The highest BCUT2D eigenvalue weighted by Gasteiger charge is 1.98. The molecular weight excluding hydrogens is 432 g/mol. The van der Waals surface area contributed by atoms with Crippen LogP contribution in [0.15, 0.2) is 72.8 Å². The third-order valence-electron chi connectivity index (χ3n) is 4.68. The van der Waals surface area contributed by atoms with E-state index in [0.29, 0.717) is 5.92 Å². The van der Waals surface area contributed by atoms with E-state index in [-0.39, 0.29) is 0 Å². The van der Waals surface area contributed by atoms with Crippen molar-refractivity contribution >= 4 is 21.5 Å². The zero-order valence-corrected chi connectivity index (χ0v) is 25.6. The number of benzene rings is 3. The van der Waals surface area contributed by atoms with E-state index in [2.05, 4.69) is 113 Å². The summed E-state index contributed by atoms with van der Waals surface area (Å²) in [6.07, 6.45) is 0. The molecule has 0 bridgehead atoms. The molecule has 36 heavy (non-hydrogen) atoms. The molecule has 0 aliphatic carbocycles. The van der Waals surface area contributed by atoms with Crippen molar-refractivity contribution in [3.8, 4) is 23.7 Å². The zero-order chi connectivity index (χ0) is 28.7. The second-order valence-corrected chi connectivity index (χ2v) is 8.21. The molecule has 3 aromatic carbocycles. The van der Waals surface area contributed by atoms with Gasteiger partial charge in [-0.3, -0.25) is 0 Å². The predicted octanol–water partition coefficient (Wildman–Crippen LogP) is 11.5. The Bertz CT molecular complexity index is 1080. The van der Waals surface area contributed by atoms with E-state index >= 15 is 0 Å². The number of hydrogen-bond donors (Lipinski definition) is 0. The summed E-state index contributed by atoms with van der Waals surface area (Å²) in [4.78, 5) is 0. The van der Waals surface area contributed by atoms with Gasteiger partial charge in [0.2, 0.25) is 0 Å². The summed E-state index contributed by atoms with van der Waals surface area (Å²) in [7, 11) is 0. The van der Waals surface area contributed by atoms with Gasteiger partial charge < -0.3 is 0 Å². The molecule has 0 heteroatoms. The van der Waals surface area contributed by atoms with E-state index in [1.165, 1.54) is 38.2 Å². The second-order valence-electron chi connectivity index (χ2n) is 8.21. The quantitative estimate of drug-likeness (QED) is 0.183. The monoisotopic (exact) mass is 484 g/mol. The average molecular weight is 485 g/mol. The lowest BCUT2D eigenvalue weighted by Gasteiger charge is -2.04. The second kappa shape index (κ2) is 23.5. The summed E-state index contributed by atoms with van der Waals surface area (Å²) in [5, 5.41) is 5.31. The predicted molar refractivity (Wildman–Crippen MR) is 171 cm³/mol. The Kier molecular flexibility index (Phi) is 24.4. The van der Waals surface area contributed by atoms with Gasteiger partial charge >= 0.3 is 0 Å². The van der Waals surface area contributed by atoms with Crippen LogP contribution in [0.5, 0.6) is 0 Å². The molecule has 0 radical (unpaired) electrons. The number of rotatable bonds is 1. The van der Waals surface area contributed by atoms with Crippen molar-refractivity contribution in [1.82, 2.24) is 0 Å². The highest BCUT2D eigenvalue weighted by molar-refractivity contribution is 5.98. The van der Waals surface area contributed by atoms with Crippen LogP contribution in [-0.2, 0) is 0 Å². The minimum atomic E-state index is 0.657. The Morgan fingerprint density at radius 1 is 0.611 bits per heavy atom. The summed E-state index contributed by atoms with van der Waals surface area (Å²) < 4.78 is 0. The van der Waals surface area contributed by atoms with Gasteiger partial charge in [0.15, 0.2) is 0 Å². The van der Waals surface area contributed by atoms with Crippen LogP contribution in [0.25, 0.3) is 21.5 Å². The molecule has 0 saturated heterocycles. The number of hydrogen-bond acceptors (Lipinski definition) is 0. The largest absolute Gasteiger partial charge is 0.107 e. The van der Waals surface area contributed by atoms with Crippen LogP contribution in [0, 0.1) is 43.4 Å². The Balaban J connectivity index is -0.000000457. The first-order valence-corrected chi connectivity index (χ1v) is 13.0. The molecule has 0 atom stereocenters. The molecule has 0 unspecified atom stereocenters. The highest BCUT2D eigenvalue weighted by Crippen LogP contribution is 2.24. The van der Waals surface area contributed by atoms with Gasteiger partial charge in [0.25, 0.3) is 0 Å². The Morgan fingerprint density at radius 3 is 1.14 bits per heavy atom. The van der Waals surface area contributed by atoms with E-state index in [1.807, 2.05) is 55.4 Å². The van der Waals surface area contributed by atoms with E-state index in [0.717, 1.165) is 5.57 Å². The molecular formula is C36H52. The average Bonchev–Trinajstić information content (AvgIpc) is 2.86. The molecule has 0 aromatic heterocycles. The van der Waals surface area contributed by atoms with Crippen molar-refractivity contribution in [1.29, 1.82) is 0 Å². The van der Waals surface area contributed by atoms with Crippen LogP contribution < -0.4 is 0 Å². The van der Waals surface area contributed by atoms with E-state index in [4.69, 9.17) is 0 Å². The fraction of sp³-hybridized carbons (Fsp3) is 0.389. The van der Waals surface area contributed by atoms with Crippen LogP contribution in [0.2, 0.25) is 0 Å². The fourth-order valence-electron chi connectivity index (χ4n) is 2.45. The molecule has 0 aliphatic heterocycles. The standard InChI is InChI=1S/C16H14.C6H12.C6H8.C4H6.2C2H6/c1-11-3-5-13-10-16-8-12(2)4-6-14(16)9-15(13)7-11;1-5(2)6(3)4;1-4-5-6(2)3;1-3-4-2;2*1-2/h3-10H,1-2H3;6H,1H2,2-4H3;2H2,1,3H3;1-2H3;2*1-2H3. The first-order chi connectivity index (χ1) is 17.0. The highest BCUT2D eigenvalue weighted by atomic mass is 14.0. The minimum absolute atomic E-state index is 0.657. The van der Waals surface area contributed by atoms with E-state index in [9.17, 15) is 0 Å². The van der Waals surface area contributed by atoms with Crippen molar-refractivity contribution in [3.05, 3.63) is 84.0 Å². The Hall–Kier alpha value is -3.22. The maximum atomic E-state index is 3.75. The molecule has 196 valence electrons. The lowest BCUT2D eigenvalue weighted by molar-refractivity contribution is 0.773. The van der Waals surface area contributed by atoms with Crippen molar-refractivity contribution in [2.75, 3.05) is 0 Å². The zero-order valence-electron chi connectivity index (χ0n) is 25.6. The van der Waals surface area contributed by atoms with Crippen LogP contribution in [0.3, 0.4) is 0 Å². The first kappa shape index (κ1) is 37.3. The summed E-state index contributed by atoms with van der Waals surface area (Å²) in [6, 6.07) is 17.8. The smallest absolute Gasteiger partial charge is 0.00234 e. The van der Waals surface area contributed by atoms with Gasteiger partial charge in [0.1, 0.15) is 0 Å². The van der Waals surface area contributed by atoms with Crippen molar-refractivity contribution in [3.63, 3.8) is 0 Å². The summed E-state index contributed by atoms with van der Waals surface area (Å²) in [5.41, 5.74) is 4.82. The Morgan fingerprint density at radius 2 is 0.944 bits per heavy atom. The van der Waals surface area contributed by atoms with Gasteiger partial charge in [-0.15, -0.1) is 17.8 Å². The van der Waals surface area contributed by atoms with Crippen molar-refractivity contribution in [2.45, 2.75) is 90.0 Å². The van der Waals surface area contributed by atoms with Crippen molar-refractivity contribution < 1.29 is 0 Å². The third kappa shape index (κ3) is 18.2. The van der Waals surface area contributed by atoms with Crippen LogP contribution in [0.4, 0.5) is 0 Å². The normalized spacial score (nSPS) is 8.17. The van der Waals surface area contributed by atoms with Gasteiger partial charge in [0, 0.05) is 0 Å². The lowest BCUT2D eigenvalue weighted by Crippen LogP contribution is -1.83. The van der Waals surface area contributed by atoms with E-state index < -0.39 is 0 Å². The molecule has 0 nitrogen and oxygen atoms in total. The van der Waals surface area contributed by atoms with Gasteiger partial charge in [-0.25, -0.2) is 0 Å². The molecule has 0 heterocycles. The molecule has 0 saturated carbocycles. The van der Waals surface area contributed by atoms with E-state index in [1.54, 1.807) is 6.92 Å². The molecule has 0 spiro atoms. The fourth-order valence-corrected chi connectivity index (χ4v) is 2.45. The topological polar surface area (TPSA) is 0 Å². The van der Waals surface area contributed by atoms with Crippen LogP contribution in [-0.4, -0.2) is 0 Å². The number of fused-ring (bicyclic) bond motifs is 2. The van der Waals surface area contributed by atoms with Gasteiger partial charge in [-0.05, 0) is 93.6 Å². The minimum Gasteiger partial charge on any atom is -0.107 e. The summed E-state index contributed by atoms with van der Waals surface area (Å²) in [5.74, 6) is 11.5. The van der Waals surface area contributed by atoms with Crippen molar-refractivity contribution in [2.24, 2.45) is 5.92 Å². The lowest BCUT2D eigenvalue weighted by atomic mass is 10.0. The maximum absolute atomic E-state index is 3.75. The van der Waals surface area contributed by atoms with Crippen LogP contribution >= 0.6 is 0 Å².